The van der Waals surface area contributed by atoms with Gasteiger partial charge in [0.2, 0.25) is 10.0 Å². The molecule has 0 heterocycles. The zero-order valence-corrected chi connectivity index (χ0v) is 16.7. The molecule has 0 aliphatic rings. The monoisotopic (exact) mass is 459 g/mol. The largest absolute Gasteiger partial charge is 0.507 e. The van der Waals surface area contributed by atoms with Gasteiger partial charge < -0.3 is 5.11 Å². The summed E-state index contributed by atoms with van der Waals surface area (Å²) in [4.78, 5) is 11.9. The number of likely N-dealkylation sites (N-methyl/N-ethyl adjacent to an activating group) is 1. The Balaban J connectivity index is 1.99. The summed E-state index contributed by atoms with van der Waals surface area (Å²) in [5.41, 5.74) is 2.61. The van der Waals surface area contributed by atoms with E-state index in [4.69, 9.17) is 11.6 Å². The number of halogens is 2. The third-order valence-electron chi connectivity index (χ3n) is 3.27. The van der Waals surface area contributed by atoms with E-state index < -0.39 is 22.5 Å². The van der Waals surface area contributed by atoms with Crippen molar-refractivity contribution in [2.45, 2.75) is 4.90 Å². The lowest BCUT2D eigenvalue weighted by atomic mass is 10.2. The van der Waals surface area contributed by atoms with E-state index in [1.54, 1.807) is 12.1 Å². The third kappa shape index (κ3) is 5.28. The first-order valence-electron chi connectivity index (χ1n) is 7.22. The van der Waals surface area contributed by atoms with Gasteiger partial charge in [0.1, 0.15) is 5.75 Å². The Morgan fingerprint density at radius 3 is 2.62 bits per heavy atom. The molecule has 0 bridgehead atoms. The van der Waals surface area contributed by atoms with Crippen molar-refractivity contribution in [2.24, 2.45) is 5.10 Å². The number of sulfonamides is 1. The van der Waals surface area contributed by atoms with E-state index >= 15 is 0 Å². The van der Waals surface area contributed by atoms with Crippen LogP contribution < -0.4 is 5.43 Å². The minimum absolute atomic E-state index is 0.00590. The van der Waals surface area contributed by atoms with Crippen LogP contribution in [-0.4, -0.2) is 43.5 Å². The molecular weight excluding hydrogens is 446 g/mol. The van der Waals surface area contributed by atoms with E-state index in [0.29, 0.717) is 10.6 Å². The Kier molecular flexibility index (Phi) is 6.76. The molecule has 0 atom stereocenters. The summed E-state index contributed by atoms with van der Waals surface area (Å²) in [6, 6.07) is 10.4. The predicted octanol–water partition coefficient (Wildman–Crippen LogP) is 2.58. The number of aromatic hydroxyl groups is 1. The molecule has 0 spiro atoms. The SMILES string of the molecule is CN(CC(=O)N/N=C\c1cc(Br)ccc1O)S(=O)(=O)c1ccc(Cl)cc1. The van der Waals surface area contributed by atoms with Crippen molar-refractivity contribution in [1.29, 1.82) is 0 Å². The van der Waals surface area contributed by atoms with Crippen molar-refractivity contribution in [3.8, 4) is 5.75 Å². The number of hydrogen-bond donors (Lipinski definition) is 2. The summed E-state index contributed by atoms with van der Waals surface area (Å²) < 4.78 is 26.4. The summed E-state index contributed by atoms with van der Waals surface area (Å²) in [5.74, 6) is -0.635. The molecule has 2 aromatic carbocycles. The number of phenolic OH excluding ortho intramolecular Hbond substituents is 1. The summed E-state index contributed by atoms with van der Waals surface area (Å²) in [6.45, 7) is -0.424. The van der Waals surface area contributed by atoms with E-state index in [9.17, 15) is 18.3 Å². The van der Waals surface area contributed by atoms with Crippen LogP contribution in [-0.2, 0) is 14.8 Å². The smallest absolute Gasteiger partial charge is 0.255 e. The summed E-state index contributed by atoms with van der Waals surface area (Å²) in [7, 11) is -2.54. The Hall–Kier alpha value is -1.94. The lowest BCUT2D eigenvalue weighted by Gasteiger charge is -2.16. The van der Waals surface area contributed by atoms with Crippen molar-refractivity contribution in [2.75, 3.05) is 13.6 Å². The number of rotatable bonds is 6. The normalized spacial score (nSPS) is 11.8. The molecule has 2 aromatic rings. The van der Waals surface area contributed by atoms with Gasteiger partial charge in [-0.15, -0.1) is 0 Å². The molecule has 0 saturated heterocycles. The first-order valence-corrected chi connectivity index (χ1v) is 9.83. The standard InChI is InChI=1S/C16H15BrClN3O4S/c1-21(26(24,25)14-5-3-13(18)4-6-14)10-16(23)20-19-9-11-8-12(17)2-7-15(11)22/h2-9,22H,10H2,1H3,(H,20,23)/b19-9-. The van der Waals surface area contributed by atoms with Crippen LogP contribution in [0.2, 0.25) is 5.02 Å². The minimum Gasteiger partial charge on any atom is -0.507 e. The van der Waals surface area contributed by atoms with Gasteiger partial charge in [0.25, 0.3) is 5.91 Å². The second-order valence-electron chi connectivity index (χ2n) is 5.21. The van der Waals surface area contributed by atoms with Crippen LogP contribution in [0.4, 0.5) is 0 Å². The molecule has 2 rings (SSSR count). The van der Waals surface area contributed by atoms with Gasteiger partial charge in [-0.1, -0.05) is 27.5 Å². The van der Waals surface area contributed by atoms with Gasteiger partial charge in [0, 0.05) is 22.1 Å². The Morgan fingerprint density at radius 2 is 1.96 bits per heavy atom. The van der Waals surface area contributed by atoms with Crippen LogP contribution in [0.3, 0.4) is 0 Å². The molecule has 26 heavy (non-hydrogen) atoms. The second-order valence-corrected chi connectivity index (χ2v) is 8.61. The molecule has 0 unspecified atom stereocenters. The van der Waals surface area contributed by atoms with Crippen LogP contribution in [0, 0.1) is 0 Å². The highest BCUT2D eigenvalue weighted by atomic mass is 79.9. The molecule has 0 radical (unpaired) electrons. The Labute approximate surface area is 164 Å². The third-order valence-corrected chi connectivity index (χ3v) is 5.83. The lowest BCUT2D eigenvalue weighted by molar-refractivity contribution is -0.121. The van der Waals surface area contributed by atoms with Crippen molar-refractivity contribution < 1.29 is 18.3 Å². The van der Waals surface area contributed by atoms with E-state index in [-0.39, 0.29) is 10.6 Å². The van der Waals surface area contributed by atoms with E-state index in [1.807, 2.05) is 0 Å². The van der Waals surface area contributed by atoms with Crippen LogP contribution >= 0.6 is 27.5 Å². The number of hydrogen-bond acceptors (Lipinski definition) is 5. The molecule has 0 aromatic heterocycles. The second kappa shape index (κ2) is 8.63. The van der Waals surface area contributed by atoms with Crippen molar-refractivity contribution >= 4 is 49.7 Å². The molecule has 0 fully saturated rings. The first kappa shape index (κ1) is 20.4. The Bertz CT molecular complexity index is 933. The topological polar surface area (TPSA) is 99.1 Å². The molecule has 0 aliphatic heterocycles. The average Bonchev–Trinajstić information content (AvgIpc) is 2.58. The van der Waals surface area contributed by atoms with Gasteiger partial charge in [0.05, 0.1) is 17.7 Å². The number of nitrogens with one attached hydrogen (secondary N) is 1. The van der Waals surface area contributed by atoms with Crippen LogP contribution in [0.25, 0.3) is 0 Å². The average molecular weight is 461 g/mol. The van der Waals surface area contributed by atoms with Crippen LogP contribution in [0.5, 0.6) is 5.75 Å². The Morgan fingerprint density at radius 1 is 1.31 bits per heavy atom. The van der Waals surface area contributed by atoms with E-state index in [2.05, 4.69) is 26.5 Å². The minimum atomic E-state index is -3.82. The molecule has 1 amide bonds. The number of carbonyl (C=O) groups is 1. The summed E-state index contributed by atoms with van der Waals surface area (Å²) >= 11 is 9.00. The van der Waals surface area contributed by atoms with E-state index in [0.717, 1.165) is 8.78 Å². The summed E-state index contributed by atoms with van der Waals surface area (Å²) in [5, 5.41) is 13.8. The van der Waals surface area contributed by atoms with Gasteiger partial charge in [-0.3, -0.25) is 4.79 Å². The highest BCUT2D eigenvalue weighted by molar-refractivity contribution is 9.10. The number of benzene rings is 2. The van der Waals surface area contributed by atoms with Gasteiger partial charge in [-0.05, 0) is 42.5 Å². The predicted molar refractivity (Wildman–Crippen MR) is 103 cm³/mol. The number of phenols is 1. The molecule has 0 aliphatic carbocycles. The lowest BCUT2D eigenvalue weighted by Crippen LogP contribution is -2.36. The fourth-order valence-electron chi connectivity index (χ4n) is 1.91. The fraction of sp³-hybridized carbons (Fsp3) is 0.125. The molecule has 10 heteroatoms. The van der Waals surface area contributed by atoms with Gasteiger partial charge >= 0.3 is 0 Å². The molecule has 0 saturated carbocycles. The van der Waals surface area contributed by atoms with Gasteiger partial charge in [-0.25, -0.2) is 13.8 Å². The number of nitrogens with zero attached hydrogens (tertiary/aromatic N) is 2. The highest BCUT2D eigenvalue weighted by Gasteiger charge is 2.22. The maximum atomic E-state index is 12.4. The quantitative estimate of drug-likeness (QED) is 0.511. The molecule has 138 valence electrons. The summed E-state index contributed by atoms with van der Waals surface area (Å²) in [6.07, 6.45) is 1.26. The van der Waals surface area contributed by atoms with Gasteiger partial charge in [-0.2, -0.15) is 9.41 Å². The van der Waals surface area contributed by atoms with Crippen LogP contribution in [0.15, 0.2) is 56.9 Å². The zero-order chi connectivity index (χ0) is 19.3. The zero-order valence-electron chi connectivity index (χ0n) is 13.6. The number of amides is 1. The molecular formula is C16H15BrClN3O4S. The van der Waals surface area contributed by atoms with Crippen molar-refractivity contribution in [3.05, 3.63) is 57.5 Å². The van der Waals surface area contributed by atoms with Gasteiger partial charge in [0.15, 0.2) is 0 Å². The number of carbonyl (C=O) groups excluding carboxylic acids is 1. The maximum Gasteiger partial charge on any atom is 0.255 e. The first-order chi connectivity index (χ1) is 12.2. The van der Waals surface area contributed by atoms with Crippen LogP contribution in [0.1, 0.15) is 5.56 Å². The van der Waals surface area contributed by atoms with Crippen molar-refractivity contribution in [1.82, 2.24) is 9.73 Å². The fourth-order valence-corrected chi connectivity index (χ4v) is 3.54. The highest BCUT2D eigenvalue weighted by Crippen LogP contribution is 2.20. The van der Waals surface area contributed by atoms with E-state index in [1.165, 1.54) is 43.6 Å². The number of hydrazone groups is 1. The maximum absolute atomic E-state index is 12.4. The molecule has 7 nitrogen and oxygen atoms in total. The van der Waals surface area contributed by atoms with Crippen molar-refractivity contribution in [3.63, 3.8) is 0 Å². The molecule has 2 N–H and O–H groups in total.